The molecule has 0 bridgehead atoms. The molecule has 4 aromatic rings. The number of carbonyl (C=O) groups excluding carboxylic acids is 1. The lowest BCUT2D eigenvalue weighted by Gasteiger charge is -2.19. The van der Waals surface area contributed by atoms with Gasteiger partial charge in [0.25, 0.3) is 5.89 Å². The second kappa shape index (κ2) is 8.71. The van der Waals surface area contributed by atoms with Crippen LogP contribution in [0.25, 0.3) is 15.8 Å². The van der Waals surface area contributed by atoms with E-state index in [0.717, 1.165) is 10.2 Å². The summed E-state index contributed by atoms with van der Waals surface area (Å²) in [5.41, 5.74) is 2.11. The van der Waals surface area contributed by atoms with Crippen LogP contribution in [0.1, 0.15) is 46.8 Å². The maximum Gasteiger partial charge on any atom is 0.338 e. The molecule has 1 aliphatic heterocycles. The molecule has 34 heavy (non-hydrogen) atoms. The Hall–Kier alpha value is -4.05. The molecule has 10 heteroatoms. The van der Waals surface area contributed by atoms with Crippen LogP contribution < -0.4 is 4.90 Å². The molecular formula is C24H21N5O4S. The van der Waals surface area contributed by atoms with E-state index >= 15 is 0 Å². The zero-order chi connectivity index (χ0) is 23.8. The van der Waals surface area contributed by atoms with Crippen LogP contribution in [0.15, 0.2) is 58.8 Å². The smallest absolute Gasteiger partial charge is 0.338 e. The summed E-state index contributed by atoms with van der Waals surface area (Å²) in [6.07, 6.45) is 0. The maximum atomic E-state index is 12.6. The summed E-state index contributed by atoms with van der Waals surface area (Å²) in [4.78, 5) is 23.0. The molecule has 5 rings (SSSR count). The Labute approximate surface area is 198 Å². The van der Waals surface area contributed by atoms with Gasteiger partial charge in [0.05, 0.1) is 27.9 Å². The van der Waals surface area contributed by atoms with Crippen molar-refractivity contribution in [2.75, 3.05) is 11.4 Å². The van der Waals surface area contributed by atoms with Gasteiger partial charge in [-0.15, -0.1) is 11.3 Å². The number of amidine groups is 1. The van der Waals surface area contributed by atoms with Crippen molar-refractivity contribution >= 4 is 44.6 Å². The van der Waals surface area contributed by atoms with Gasteiger partial charge in [-0.3, -0.25) is 5.41 Å². The Morgan fingerprint density at radius 1 is 1.24 bits per heavy atom. The highest BCUT2D eigenvalue weighted by Gasteiger charge is 2.31. The fourth-order valence-electron chi connectivity index (χ4n) is 3.58. The molecule has 3 heterocycles. The van der Waals surface area contributed by atoms with E-state index in [9.17, 15) is 9.90 Å². The van der Waals surface area contributed by atoms with Crippen molar-refractivity contribution < 1.29 is 19.2 Å². The first-order valence-electron chi connectivity index (χ1n) is 10.6. The highest BCUT2D eigenvalue weighted by atomic mass is 32.1. The summed E-state index contributed by atoms with van der Waals surface area (Å²) in [5, 5.41) is 23.8. The highest BCUT2D eigenvalue weighted by molar-refractivity contribution is 7.19. The largest absolute Gasteiger partial charge is 0.510 e. The van der Waals surface area contributed by atoms with Gasteiger partial charge in [0.2, 0.25) is 0 Å². The number of benzene rings is 2. The molecule has 0 atom stereocenters. The first kappa shape index (κ1) is 21.8. The second-order valence-electron chi connectivity index (χ2n) is 8.07. The Morgan fingerprint density at radius 2 is 2.06 bits per heavy atom. The van der Waals surface area contributed by atoms with Gasteiger partial charge < -0.3 is 19.3 Å². The number of nitrogens with zero attached hydrogens (tertiary/aromatic N) is 4. The molecular weight excluding hydrogens is 454 g/mol. The third kappa shape index (κ3) is 4.03. The Morgan fingerprint density at radius 3 is 2.82 bits per heavy atom. The third-order valence-corrected chi connectivity index (χ3v) is 6.39. The molecule has 9 nitrogen and oxygen atoms in total. The standard InChI is InChI=1S/C24H21N5O4S/c1-13(2)22-27-19(33-28-22)12-32-24(31)14-6-5-7-15(10-14)29-11-17(30)20(21(29)25)23-26-16-8-3-4-9-18(16)34-23/h3-10,13,25,30H,11-12H2,1-2H3. The molecule has 2 aromatic heterocycles. The molecule has 0 aliphatic carbocycles. The van der Waals surface area contributed by atoms with Crippen molar-refractivity contribution in [3.8, 4) is 0 Å². The summed E-state index contributed by atoms with van der Waals surface area (Å²) in [6.45, 7) is 3.86. The van der Waals surface area contributed by atoms with E-state index < -0.39 is 5.97 Å². The molecule has 0 saturated carbocycles. The number of esters is 1. The minimum absolute atomic E-state index is 0.0642. The van der Waals surface area contributed by atoms with Gasteiger partial charge in [-0.1, -0.05) is 37.2 Å². The highest BCUT2D eigenvalue weighted by Crippen LogP contribution is 2.35. The molecule has 2 N–H and O–H groups in total. The van der Waals surface area contributed by atoms with Crippen molar-refractivity contribution in [2.45, 2.75) is 26.4 Å². The number of carbonyl (C=O) groups is 1. The summed E-state index contributed by atoms with van der Waals surface area (Å²) in [7, 11) is 0. The summed E-state index contributed by atoms with van der Waals surface area (Å²) < 4.78 is 11.4. The molecule has 1 aliphatic rings. The van der Waals surface area contributed by atoms with E-state index in [2.05, 4.69) is 15.1 Å². The van der Waals surface area contributed by atoms with E-state index in [-0.39, 0.29) is 36.6 Å². The Balaban J connectivity index is 1.32. The van der Waals surface area contributed by atoms with Gasteiger partial charge >= 0.3 is 5.97 Å². The van der Waals surface area contributed by atoms with Gasteiger partial charge in [-0.2, -0.15) is 4.98 Å². The lowest BCUT2D eigenvalue weighted by atomic mass is 10.2. The first-order valence-corrected chi connectivity index (χ1v) is 11.5. The van der Waals surface area contributed by atoms with E-state index in [1.54, 1.807) is 29.2 Å². The number of nitrogens with one attached hydrogen (secondary N) is 1. The number of thiazole rings is 1. The molecule has 0 radical (unpaired) electrons. The second-order valence-corrected chi connectivity index (χ2v) is 9.10. The van der Waals surface area contributed by atoms with Crippen LogP contribution in [-0.4, -0.2) is 38.6 Å². The lowest BCUT2D eigenvalue weighted by Crippen LogP contribution is -2.26. The molecule has 0 amide bonds. The van der Waals surface area contributed by atoms with Gasteiger partial charge in [0.1, 0.15) is 16.6 Å². The van der Waals surface area contributed by atoms with Crippen molar-refractivity contribution in [1.29, 1.82) is 5.41 Å². The maximum absolute atomic E-state index is 12.6. The number of ether oxygens (including phenoxy) is 1. The average molecular weight is 476 g/mol. The number of anilines is 1. The SMILES string of the molecule is CC(C)c1noc(COC(=O)c2cccc(N3CC(O)=C(c4nc5ccccc5s4)C3=N)c2)n1. The number of hydrogen-bond acceptors (Lipinski definition) is 9. The van der Waals surface area contributed by atoms with Crippen molar-refractivity contribution in [3.05, 3.63) is 76.6 Å². The Kier molecular flexibility index (Phi) is 5.58. The first-order chi connectivity index (χ1) is 16.4. The predicted molar refractivity (Wildman–Crippen MR) is 128 cm³/mol. The van der Waals surface area contributed by atoms with Crippen LogP contribution in [0.2, 0.25) is 0 Å². The summed E-state index contributed by atoms with van der Waals surface area (Å²) >= 11 is 1.42. The number of rotatable bonds is 6. The van der Waals surface area contributed by atoms with E-state index in [4.69, 9.17) is 14.7 Å². The third-order valence-electron chi connectivity index (χ3n) is 5.33. The predicted octanol–water partition coefficient (Wildman–Crippen LogP) is 4.93. The molecule has 2 aromatic carbocycles. The van der Waals surface area contributed by atoms with Crippen molar-refractivity contribution in [3.63, 3.8) is 0 Å². The van der Waals surface area contributed by atoms with Gasteiger partial charge in [0.15, 0.2) is 12.4 Å². The molecule has 0 saturated heterocycles. The van der Waals surface area contributed by atoms with Crippen LogP contribution >= 0.6 is 11.3 Å². The molecule has 172 valence electrons. The van der Waals surface area contributed by atoms with Gasteiger partial charge in [-0.05, 0) is 30.3 Å². The van der Waals surface area contributed by atoms with Crippen LogP contribution in [-0.2, 0) is 11.3 Å². The number of fused-ring (bicyclic) bond motifs is 1. The number of para-hydroxylation sites is 1. The average Bonchev–Trinajstić information content (AvgIpc) is 3.54. The minimum atomic E-state index is -0.555. The normalized spacial score (nSPS) is 14.0. The zero-order valence-electron chi connectivity index (χ0n) is 18.5. The van der Waals surface area contributed by atoms with Crippen LogP contribution in [0.5, 0.6) is 0 Å². The number of aliphatic hydroxyl groups is 1. The Bertz CT molecular complexity index is 1400. The minimum Gasteiger partial charge on any atom is -0.510 e. The van der Waals surface area contributed by atoms with Crippen LogP contribution in [0.3, 0.4) is 0 Å². The van der Waals surface area contributed by atoms with E-state index in [0.29, 0.717) is 27.7 Å². The van der Waals surface area contributed by atoms with Gasteiger partial charge in [-0.25, -0.2) is 9.78 Å². The fraction of sp³-hybridized carbons (Fsp3) is 0.208. The van der Waals surface area contributed by atoms with Gasteiger partial charge in [0, 0.05) is 11.6 Å². The quantitative estimate of drug-likeness (QED) is 0.376. The molecule has 0 spiro atoms. The summed E-state index contributed by atoms with van der Waals surface area (Å²) in [6, 6.07) is 14.4. The van der Waals surface area contributed by atoms with Crippen LogP contribution in [0.4, 0.5) is 5.69 Å². The lowest BCUT2D eigenvalue weighted by molar-refractivity contribution is 0.0430. The molecule has 0 unspecified atom stereocenters. The summed E-state index contributed by atoms with van der Waals surface area (Å²) in [5.74, 6) is 0.517. The zero-order valence-corrected chi connectivity index (χ0v) is 19.3. The van der Waals surface area contributed by atoms with Crippen molar-refractivity contribution in [1.82, 2.24) is 15.1 Å². The number of aromatic nitrogens is 3. The van der Waals surface area contributed by atoms with E-state index in [1.807, 2.05) is 38.1 Å². The van der Waals surface area contributed by atoms with Crippen LogP contribution in [0, 0.1) is 5.41 Å². The van der Waals surface area contributed by atoms with E-state index in [1.165, 1.54) is 11.3 Å². The van der Waals surface area contributed by atoms with Crippen molar-refractivity contribution in [2.24, 2.45) is 0 Å². The monoisotopic (exact) mass is 475 g/mol. The number of hydrogen-bond donors (Lipinski definition) is 2. The fourth-order valence-corrected chi connectivity index (χ4v) is 4.61. The number of aliphatic hydroxyl groups excluding tert-OH is 1. The topological polar surface area (TPSA) is 125 Å². The molecule has 0 fully saturated rings.